The van der Waals surface area contributed by atoms with Crippen LogP contribution in [-0.2, 0) is 0 Å². The molecule has 0 aliphatic heterocycles. The SMILES string of the molecule is CCCNC(CC)c1ccc(SCC(O)CO)cc1. The lowest BCUT2D eigenvalue weighted by atomic mass is 10.0. The van der Waals surface area contributed by atoms with Crippen LogP contribution in [-0.4, -0.2) is 35.2 Å². The van der Waals surface area contributed by atoms with Crippen LogP contribution in [0.25, 0.3) is 0 Å². The summed E-state index contributed by atoms with van der Waals surface area (Å²) in [5.74, 6) is 0.529. The predicted octanol–water partition coefficient (Wildman–Crippen LogP) is 2.58. The Morgan fingerprint density at radius 2 is 1.89 bits per heavy atom. The Morgan fingerprint density at radius 1 is 1.21 bits per heavy atom. The average molecular weight is 283 g/mol. The van der Waals surface area contributed by atoms with Crippen LogP contribution >= 0.6 is 11.8 Å². The van der Waals surface area contributed by atoms with Crippen molar-refractivity contribution in [3.63, 3.8) is 0 Å². The second kappa shape index (κ2) is 9.37. The summed E-state index contributed by atoms with van der Waals surface area (Å²) >= 11 is 1.57. The van der Waals surface area contributed by atoms with Gasteiger partial charge in [-0.3, -0.25) is 0 Å². The van der Waals surface area contributed by atoms with E-state index in [1.54, 1.807) is 11.8 Å². The zero-order valence-electron chi connectivity index (χ0n) is 11.8. The van der Waals surface area contributed by atoms with E-state index < -0.39 is 6.10 Å². The van der Waals surface area contributed by atoms with Crippen LogP contribution in [0.4, 0.5) is 0 Å². The van der Waals surface area contributed by atoms with Gasteiger partial charge in [-0.15, -0.1) is 11.8 Å². The molecule has 0 radical (unpaired) electrons. The standard InChI is InChI=1S/C15H25NO2S/c1-3-9-16-15(4-2)12-5-7-14(8-6-12)19-11-13(18)10-17/h5-8,13,15-18H,3-4,9-11H2,1-2H3. The fourth-order valence-electron chi connectivity index (χ4n) is 1.86. The molecule has 0 amide bonds. The molecule has 3 nitrogen and oxygen atoms in total. The maximum atomic E-state index is 9.32. The Bertz CT molecular complexity index is 343. The van der Waals surface area contributed by atoms with E-state index in [0.29, 0.717) is 11.8 Å². The Labute approximate surface area is 120 Å². The fourth-order valence-corrected chi connectivity index (χ4v) is 2.68. The summed E-state index contributed by atoms with van der Waals surface area (Å²) in [7, 11) is 0. The van der Waals surface area contributed by atoms with Crippen LogP contribution in [0, 0.1) is 0 Å². The lowest BCUT2D eigenvalue weighted by Gasteiger charge is -2.17. The maximum absolute atomic E-state index is 9.32. The normalized spacial score (nSPS) is 14.3. The van der Waals surface area contributed by atoms with Crippen molar-refractivity contribution in [2.24, 2.45) is 0 Å². The number of aliphatic hydroxyl groups excluding tert-OH is 2. The van der Waals surface area contributed by atoms with Gasteiger partial charge in [-0.2, -0.15) is 0 Å². The van der Waals surface area contributed by atoms with E-state index in [9.17, 15) is 5.11 Å². The van der Waals surface area contributed by atoms with Crippen molar-refractivity contribution in [1.82, 2.24) is 5.32 Å². The van der Waals surface area contributed by atoms with Gasteiger partial charge in [0, 0.05) is 16.7 Å². The molecule has 0 heterocycles. The van der Waals surface area contributed by atoms with Gasteiger partial charge in [0.2, 0.25) is 0 Å². The number of thioether (sulfide) groups is 1. The summed E-state index contributed by atoms with van der Waals surface area (Å²) in [6, 6.07) is 8.87. The van der Waals surface area contributed by atoms with Crippen LogP contribution in [0.3, 0.4) is 0 Å². The molecular formula is C15H25NO2S. The lowest BCUT2D eigenvalue weighted by molar-refractivity contribution is 0.113. The van der Waals surface area contributed by atoms with E-state index in [1.807, 2.05) is 0 Å². The maximum Gasteiger partial charge on any atom is 0.0864 e. The molecule has 0 aliphatic carbocycles. The summed E-state index contributed by atoms with van der Waals surface area (Å²) in [5.41, 5.74) is 1.31. The molecular weight excluding hydrogens is 258 g/mol. The van der Waals surface area contributed by atoms with Gasteiger partial charge in [-0.05, 0) is 37.1 Å². The Hall–Kier alpha value is -0.550. The first-order valence-electron chi connectivity index (χ1n) is 6.96. The number of hydrogen-bond donors (Lipinski definition) is 3. The van der Waals surface area contributed by atoms with Gasteiger partial charge >= 0.3 is 0 Å². The number of benzene rings is 1. The summed E-state index contributed by atoms with van der Waals surface area (Å²) in [6.45, 7) is 5.22. The zero-order valence-corrected chi connectivity index (χ0v) is 12.6. The van der Waals surface area contributed by atoms with E-state index in [1.165, 1.54) is 5.56 Å². The highest BCUT2D eigenvalue weighted by molar-refractivity contribution is 7.99. The van der Waals surface area contributed by atoms with Crippen LogP contribution in [0.1, 0.15) is 38.3 Å². The molecule has 108 valence electrons. The lowest BCUT2D eigenvalue weighted by Crippen LogP contribution is -2.21. The predicted molar refractivity (Wildman–Crippen MR) is 81.6 cm³/mol. The molecule has 0 saturated carbocycles. The van der Waals surface area contributed by atoms with Gasteiger partial charge < -0.3 is 15.5 Å². The van der Waals surface area contributed by atoms with Crippen molar-refractivity contribution in [1.29, 1.82) is 0 Å². The van der Waals surface area contributed by atoms with Crippen LogP contribution in [0.2, 0.25) is 0 Å². The van der Waals surface area contributed by atoms with Crippen molar-refractivity contribution in [3.05, 3.63) is 29.8 Å². The number of hydrogen-bond acceptors (Lipinski definition) is 4. The van der Waals surface area contributed by atoms with Crippen molar-refractivity contribution < 1.29 is 10.2 Å². The molecule has 0 fully saturated rings. The third-order valence-electron chi connectivity index (χ3n) is 2.98. The topological polar surface area (TPSA) is 52.5 Å². The zero-order chi connectivity index (χ0) is 14.1. The molecule has 2 atom stereocenters. The molecule has 4 heteroatoms. The monoisotopic (exact) mass is 283 g/mol. The van der Waals surface area contributed by atoms with E-state index in [0.717, 1.165) is 24.3 Å². The van der Waals surface area contributed by atoms with Crippen LogP contribution in [0.5, 0.6) is 0 Å². The summed E-state index contributed by atoms with van der Waals surface area (Å²) < 4.78 is 0. The average Bonchev–Trinajstić information content (AvgIpc) is 2.46. The fraction of sp³-hybridized carbons (Fsp3) is 0.600. The minimum Gasteiger partial charge on any atom is -0.394 e. The largest absolute Gasteiger partial charge is 0.394 e. The van der Waals surface area contributed by atoms with Crippen LogP contribution < -0.4 is 5.32 Å². The smallest absolute Gasteiger partial charge is 0.0864 e. The molecule has 2 unspecified atom stereocenters. The Morgan fingerprint density at radius 3 is 2.42 bits per heavy atom. The molecule has 3 N–H and O–H groups in total. The molecule has 0 spiro atoms. The summed E-state index contributed by atoms with van der Waals surface area (Å²) in [6.07, 6.45) is 1.58. The minimum atomic E-state index is -0.640. The Balaban J connectivity index is 2.54. The molecule has 0 aromatic heterocycles. The summed E-state index contributed by atoms with van der Waals surface area (Å²) in [4.78, 5) is 1.13. The van der Waals surface area contributed by atoms with E-state index in [2.05, 4.69) is 43.4 Å². The van der Waals surface area contributed by atoms with E-state index in [-0.39, 0.29) is 6.61 Å². The molecule has 0 bridgehead atoms. The third-order valence-corrected chi connectivity index (χ3v) is 4.14. The molecule has 1 rings (SSSR count). The van der Waals surface area contributed by atoms with Crippen molar-refractivity contribution in [2.75, 3.05) is 18.9 Å². The first-order valence-corrected chi connectivity index (χ1v) is 7.94. The van der Waals surface area contributed by atoms with Gasteiger partial charge in [-0.1, -0.05) is 26.0 Å². The van der Waals surface area contributed by atoms with Gasteiger partial charge in [0.1, 0.15) is 0 Å². The molecule has 0 saturated heterocycles. The van der Waals surface area contributed by atoms with Crippen molar-refractivity contribution in [2.45, 2.75) is 43.7 Å². The first kappa shape index (κ1) is 16.5. The van der Waals surface area contributed by atoms with Gasteiger partial charge in [0.05, 0.1) is 12.7 Å². The number of nitrogens with one attached hydrogen (secondary N) is 1. The summed E-state index contributed by atoms with van der Waals surface area (Å²) in [5, 5.41) is 21.6. The highest BCUT2D eigenvalue weighted by atomic mass is 32.2. The minimum absolute atomic E-state index is 0.177. The first-order chi connectivity index (χ1) is 9.21. The van der Waals surface area contributed by atoms with E-state index >= 15 is 0 Å². The second-order valence-corrected chi connectivity index (χ2v) is 5.72. The van der Waals surface area contributed by atoms with Crippen molar-refractivity contribution >= 4 is 11.8 Å². The number of rotatable bonds is 9. The molecule has 1 aromatic rings. The molecule has 0 aliphatic rings. The van der Waals surface area contributed by atoms with Gasteiger partial charge in [-0.25, -0.2) is 0 Å². The third kappa shape index (κ3) is 5.95. The van der Waals surface area contributed by atoms with Gasteiger partial charge in [0.15, 0.2) is 0 Å². The van der Waals surface area contributed by atoms with Crippen LogP contribution in [0.15, 0.2) is 29.2 Å². The van der Waals surface area contributed by atoms with E-state index in [4.69, 9.17) is 5.11 Å². The molecule has 1 aromatic carbocycles. The van der Waals surface area contributed by atoms with Crippen molar-refractivity contribution in [3.8, 4) is 0 Å². The number of aliphatic hydroxyl groups is 2. The molecule has 19 heavy (non-hydrogen) atoms. The second-order valence-electron chi connectivity index (χ2n) is 4.63. The Kier molecular flexibility index (Phi) is 8.14. The highest BCUT2D eigenvalue weighted by Gasteiger charge is 2.08. The van der Waals surface area contributed by atoms with Gasteiger partial charge in [0.25, 0.3) is 0 Å². The highest BCUT2D eigenvalue weighted by Crippen LogP contribution is 2.23. The quantitative estimate of drug-likeness (QED) is 0.610.